The quantitative estimate of drug-likeness (QED) is 0.659. The van der Waals surface area contributed by atoms with Gasteiger partial charge in [-0.05, 0) is 18.8 Å². The first-order chi connectivity index (χ1) is 10.1. The highest BCUT2D eigenvalue weighted by molar-refractivity contribution is 5.74. The van der Waals surface area contributed by atoms with Gasteiger partial charge in [0.2, 0.25) is 0 Å². The first kappa shape index (κ1) is 15.2. The number of carboxylic acid groups (broad SMARTS) is 1. The lowest BCUT2D eigenvalue weighted by atomic mass is 9.98. The topological polar surface area (TPSA) is 121 Å². The van der Waals surface area contributed by atoms with E-state index in [1.807, 2.05) is 0 Å². The molecule has 3 N–H and O–H groups in total. The molecule has 1 aromatic heterocycles. The Hall–Kier alpha value is -2.16. The van der Waals surface area contributed by atoms with E-state index in [2.05, 4.69) is 15.6 Å². The van der Waals surface area contributed by atoms with Gasteiger partial charge in [-0.2, -0.15) is 0 Å². The van der Waals surface area contributed by atoms with Gasteiger partial charge in [-0.3, -0.25) is 4.79 Å². The highest BCUT2D eigenvalue weighted by Gasteiger charge is 2.22. The number of carbonyl (C=O) groups excluding carboxylic acids is 1. The molecule has 2 amide bonds. The molecular formula is C12H19N5O4. The van der Waals surface area contributed by atoms with Gasteiger partial charge in [-0.25, -0.2) is 9.48 Å². The molecule has 116 valence electrons. The number of aliphatic carboxylic acids is 1. The zero-order chi connectivity index (χ0) is 15.2. The van der Waals surface area contributed by atoms with Gasteiger partial charge in [0.25, 0.3) is 0 Å². The van der Waals surface area contributed by atoms with E-state index in [1.54, 1.807) is 4.90 Å². The van der Waals surface area contributed by atoms with Crippen molar-refractivity contribution >= 4 is 12.0 Å². The Balaban J connectivity index is 1.76. The molecule has 21 heavy (non-hydrogen) atoms. The average Bonchev–Trinajstić information content (AvgIpc) is 2.91. The van der Waals surface area contributed by atoms with Crippen LogP contribution in [0.25, 0.3) is 0 Å². The van der Waals surface area contributed by atoms with Crippen molar-refractivity contribution in [2.75, 3.05) is 19.7 Å². The molecule has 2 rings (SSSR count). The molecule has 0 bridgehead atoms. The van der Waals surface area contributed by atoms with Gasteiger partial charge < -0.3 is 20.4 Å². The van der Waals surface area contributed by atoms with Gasteiger partial charge >= 0.3 is 12.0 Å². The van der Waals surface area contributed by atoms with Crippen molar-refractivity contribution in [1.82, 2.24) is 25.2 Å². The molecular weight excluding hydrogens is 278 g/mol. The number of hydrogen-bond acceptors (Lipinski definition) is 5. The van der Waals surface area contributed by atoms with E-state index in [0.717, 1.165) is 12.8 Å². The Morgan fingerprint density at radius 2 is 2.10 bits per heavy atom. The number of nitrogens with one attached hydrogen (secondary N) is 1. The zero-order valence-electron chi connectivity index (χ0n) is 11.6. The van der Waals surface area contributed by atoms with Crippen LogP contribution in [0.5, 0.6) is 0 Å². The third-order valence-corrected chi connectivity index (χ3v) is 3.46. The number of aliphatic hydroxyl groups is 1. The summed E-state index contributed by atoms with van der Waals surface area (Å²) >= 11 is 0. The molecule has 9 nitrogen and oxygen atoms in total. The number of hydrogen-bond donors (Lipinski definition) is 3. The number of aliphatic hydroxyl groups excluding tert-OH is 1. The number of carbonyl (C=O) groups is 2. The minimum absolute atomic E-state index is 0.169. The molecule has 0 aliphatic carbocycles. The van der Waals surface area contributed by atoms with Crippen molar-refractivity contribution in [3.05, 3.63) is 11.9 Å². The van der Waals surface area contributed by atoms with Crippen LogP contribution in [0.1, 0.15) is 18.5 Å². The SMILES string of the molecule is O=C(O)Cn1cc(CNC(=O)N2CCC(CO)CC2)nn1. The fourth-order valence-electron chi connectivity index (χ4n) is 2.23. The predicted molar refractivity (Wildman–Crippen MR) is 71.3 cm³/mol. The lowest BCUT2D eigenvalue weighted by molar-refractivity contribution is -0.137. The Morgan fingerprint density at radius 1 is 1.38 bits per heavy atom. The number of piperidine rings is 1. The van der Waals surface area contributed by atoms with Crippen LogP contribution in [0.15, 0.2) is 6.20 Å². The Kier molecular flexibility index (Phi) is 5.09. The molecule has 0 radical (unpaired) electrons. The van der Waals surface area contributed by atoms with E-state index < -0.39 is 5.97 Å². The number of carboxylic acids is 1. The molecule has 0 spiro atoms. The van der Waals surface area contributed by atoms with Gasteiger partial charge in [0.05, 0.1) is 12.7 Å². The zero-order valence-corrected chi connectivity index (χ0v) is 11.6. The average molecular weight is 297 g/mol. The molecule has 1 aromatic rings. The third-order valence-electron chi connectivity index (χ3n) is 3.46. The normalized spacial score (nSPS) is 16.0. The van der Waals surface area contributed by atoms with Gasteiger partial charge in [0.15, 0.2) is 0 Å². The Labute approximate surface area is 121 Å². The van der Waals surface area contributed by atoms with Crippen LogP contribution in [0.2, 0.25) is 0 Å². The van der Waals surface area contributed by atoms with Crippen LogP contribution < -0.4 is 5.32 Å². The maximum absolute atomic E-state index is 12.0. The number of aromatic nitrogens is 3. The molecule has 1 saturated heterocycles. The fraction of sp³-hybridized carbons (Fsp3) is 0.667. The van der Waals surface area contributed by atoms with Crippen LogP contribution in [-0.4, -0.2) is 61.8 Å². The van der Waals surface area contributed by atoms with Crippen LogP contribution in [-0.2, 0) is 17.9 Å². The van der Waals surface area contributed by atoms with E-state index in [1.165, 1.54) is 10.9 Å². The summed E-state index contributed by atoms with van der Waals surface area (Å²) in [7, 11) is 0. The molecule has 0 aromatic carbocycles. The fourth-order valence-corrected chi connectivity index (χ4v) is 2.23. The summed E-state index contributed by atoms with van der Waals surface area (Å²) in [4.78, 5) is 24.2. The smallest absolute Gasteiger partial charge is 0.325 e. The highest BCUT2D eigenvalue weighted by atomic mass is 16.4. The lowest BCUT2D eigenvalue weighted by Gasteiger charge is -2.31. The first-order valence-electron chi connectivity index (χ1n) is 6.83. The van der Waals surface area contributed by atoms with E-state index >= 15 is 0 Å². The van der Waals surface area contributed by atoms with Gasteiger partial charge in [-0.1, -0.05) is 5.21 Å². The second-order valence-corrected chi connectivity index (χ2v) is 5.07. The van der Waals surface area contributed by atoms with Crippen molar-refractivity contribution in [2.24, 2.45) is 5.92 Å². The standard InChI is InChI=1S/C12H19N5O4/c18-8-9-1-3-16(4-2-9)12(21)13-5-10-6-17(15-14-10)7-11(19)20/h6,9,18H,1-5,7-8H2,(H,13,21)(H,19,20). The maximum Gasteiger partial charge on any atom is 0.325 e. The van der Waals surface area contributed by atoms with E-state index in [9.17, 15) is 9.59 Å². The van der Waals surface area contributed by atoms with Crippen LogP contribution in [0.4, 0.5) is 4.79 Å². The molecule has 2 heterocycles. The molecule has 1 fully saturated rings. The van der Waals surface area contributed by atoms with Crippen molar-refractivity contribution in [1.29, 1.82) is 0 Å². The number of likely N-dealkylation sites (tertiary alicyclic amines) is 1. The molecule has 0 unspecified atom stereocenters. The van der Waals surface area contributed by atoms with Gasteiger partial charge in [0, 0.05) is 19.7 Å². The summed E-state index contributed by atoms with van der Waals surface area (Å²) in [6.07, 6.45) is 3.10. The monoisotopic (exact) mass is 297 g/mol. The Bertz CT molecular complexity index is 496. The number of urea groups is 1. The second-order valence-electron chi connectivity index (χ2n) is 5.07. The van der Waals surface area contributed by atoms with Gasteiger partial charge in [0.1, 0.15) is 12.2 Å². The van der Waals surface area contributed by atoms with E-state index in [0.29, 0.717) is 18.8 Å². The summed E-state index contributed by atoms with van der Waals surface area (Å²) in [5.74, 6) is -0.716. The summed E-state index contributed by atoms with van der Waals surface area (Å²) in [5.41, 5.74) is 0.509. The molecule has 9 heteroatoms. The number of rotatable bonds is 5. The number of amides is 2. The summed E-state index contributed by atoms with van der Waals surface area (Å²) < 4.78 is 1.20. The molecule has 0 saturated carbocycles. The lowest BCUT2D eigenvalue weighted by Crippen LogP contribution is -2.44. The van der Waals surface area contributed by atoms with Crippen molar-refractivity contribution < 1.29 is 19.8 Å². The summed E-state index contributed by atoms with van der Waals surface area (Å²) in [5, 5.41) is 27.9. The van der Waals surface area contributed by atoms with Crippen molar-refractivity contribution in [3.8, 4) is 0 Å². The van der Waals surface area contributed by atoms with Crippen molar-refractivity contribution in [2.45, 2.75) is 25.9 Å². The van der Waals surface area contributed by atoms with Crippen LogP contribution >= 0.6 is 0 Å². The largest absolute Gasteiger partial charge is 0.480 e. The van der Waals surface area contributed by atoms with Gasteiger partial charge in [-0.15, -0.1) is 5.10 Å². The van der Waals surface area contributed by atoms with E-state index in [-0.39, 0.29) is 31.6 Å². The Morgan fingerprint density at radius 3 is 2.71 bits per heavy atom. The van der Waals surface area contributed by atoms with Crippen molar-refractivity contribution in [3.63, 3.8) is 0 Å². The predicted octanol–water partition coefficient (Wildman–Crippen LogP) is -0.723. The number of nitrogens with zero attached hydrogens (tertiary/aromatic N) is 4. The minimum atomic E-state index is -0.998. The van der Waals surface area contributed by atoms with E-state index in [4.69, 9.17) is 10.2 Å². The molecule has 1 aliphatic heterocycles. The highest BCUT2D eigenvalue weighted by Crippen LogP contribution is 2.16. The molecule has 0 atom stereocenters. The van der Waals surface area contributed by atoms with Crippen LogP contribution in [0.3, 0.4) is 0 Å². The molecule has 1 aliphatic rings. The first-order valence-corrected chi connectivity index (χ1v) is 6.83. The summed E-state index contributed by atoms with van der Waals surface area (Å²) in [6, 6.07) is -0.181. The summed E-state index contributed by atoms with van der Waals surface area (Å²) in [6.45, 7) is 1.38. The minimum Gasteiger partial charge on any atom is -0.480 e. The second kappa shape index (κ2) is 7.02. The maximum atomic E-state index is 12.0. The third kappa shape index (κ3) is 4.42. The van der Waals surface area contributed by atoms with Crippen LogP contribution in [0, 0.1) is 5.92 Å².